The first-order chi connectivity index (χ1) is 24.7. The lowest BCUT2D eigenvalue weighted by Crippen LogP contribution is -2.02. The first-order valence-corrected chi connectivity index (χ1v) is 21.3. The predicted octanol–water partition coefficient (Wildman–Crippen LogP) is 16.2. The van der Waals surface area contributed by atoms with Crippen LogP contribution in [0.1, 0.15) is 68.7 Å². The van der Waals surface area contributed by atoms with Crippen LogP contribution in [0.3, 0.4) is 0 Å². The van der Waals surface area contributed by atoms with Crippen molar-refractivity contribution in [3.63, 3.8) is 0 Å². The smallest absolute Gasteiger partial charge is 0.0689 e. The first kappa shape index (κ1) is 34.9. The molecular formula is C45H40I2N2S2. The second kappa shape index (κ2) is 14.0. The van der Waals surface area contributed by atoms with Crippen molar-refractivity contribution in [2.75, 3.05) is 6.23 Å². The Hall–Kier alpha value is -3.18. The summed E-state index contributed by atoms with van der Waals surface area (Å²) in [5.74, 6) is 0.904. The van der Waals surface area contributed by atoms with E-state index in [9.17, 15) is 0 Å². The number of nitrogens with zero attached hydrogens (tertiary/aromatic N) is 2. The molecule has 2 heterocycles. The lowest BCUT2D eigenvalue weighted by molar-refractivity contribution is 0.878. The van der Waals surface area contributed by atoms with Gasteiger partial charge in [-0.3, -0.25) is 6.23 Å². The summed E-state index contributed by atoms with van der Waals surface area (Å²) in [5, 5.41) is 5.38. The number of thiophene rings is 2. The average molecular weight is 927 g/mol. The van der Waals surface area contributed by atoms with Crippen LogP contribution in [0, 0.1) is 6.92 Å². The maximum absolute atomic E-state index is 2.52. The SMILES string of the molecule is CCc1ccc(N(I)c2cccc3c2sc2c(C(C)C)ccc(-c4cc(N(I)c5cccc6c5sc5c(C(C)C)cccc56)ccc4C)c23)cc1. The van der Waals surface area contributed by atoms with Crippen LogP contribution in [0.15, 0.2) is 109 Å². The molecule has 0 spiro atoms. The Morgan fingerprint density at radius 3 is 1.76 bits per heavy atom. The monoisotopic (exact) mass is 926 g/mol. The van der Waals surface area contributed by atoms with Crippen molar-refractivity contribution in [3.8, 4) is 11.1 Å². The molecule has 0 atom stereocenters. The molecule has 8 aromatic rings. The normalized spacial score (nSPS) is 12.0. The van der Waals surface area contributed by atoms with Gasteiger partial charge in [-0.1, -0.05) is 107 Å². The molecule has 0 fully saturated rings. The molecule has 0 saturated carbocycles. The van der Waals surface area contributed by atoms with E-state index in [1.54, 1.807) is 0 Å². The summed E-state index contributed by atoms with van der Waals surface area (Å²) in [4.78, 5) is 0. The highest BCUT2D eigenvalue weighted by Crippen LogP contribution is 2.50. The van der Waals surface area contributed by atoms with Gasteiger partial charge in [0.2, 0.25) is 0 Å². The molecule has 2 nitrogen and oxygen atoms in total. The summed E-state index contributed by atoms with van der Waals surface area (Å²) >= 11 is 8.88. The Labute approximate surface area is 337 Å². The quantitative estimate of drug-likeness (QED) is 0.111. The van der Waals surface area contributed by atoms with Crippen molar-refractivity contribution in [1.29, 1.82) is 0 Å². The molecule has 2 aromatic heterocycles. The molecule has 0 unspecified atom stereocenters. The molecule has 0 saturated heterocycles. The summed E-state index contributed by atoms with van der Waals surface area (Å²) in [6, 6.07) is 41.1. The van der Waals surface area contributed by atoms with E-state index in [-0.39, 0.29) is 0 Å². The molecule has 8 rings (SSSR count). The van der Waals surface area contributed by atoms with Gasteiger partial charge < -0.3 is 0 Å². The Bertz CT molecular complexity index is 2580. The molecule has 51 heavy (non-hydrogen) atoms. The van der Waals surface area contributed by atoms with Gasteiger partial charge in [0.1, 0.15) is 0 Å². The Kier molecular flexibility index (Phi) is 9.57. The summed E-state index contributed by atoms with van der Waals surface area (Å²) in [6.07, 6.45) is 1.05. The number of rotatable bonds is 8. The number of halogens is 2. The highest BCUT2D eigenvalue weighted by molar-refractivity contribution is 14.1. The Balaban J connectivity index is 1.28. The molecule has 0 aliphatic carbocycles. The number of hydrogen-bond acceptors (Lipinski definition) is 4. The van der Waals surface area contributed by atoms with E-state index < -0.39 is 0 Å². The zero-order valence-electron chi connectivity index (χ0n) is 29.7. The van der Waals surface area contributed by atoms with Crippen LogP contribution < -0.4 is 6.23 Å². The van der Waals surface area contributed by atoms with E-state index in [1.165, 1.54) is 96.5 Å². The van der Waals surface area contributed by atoms with Crippen molar-refractivity contribution in [1.82, 2.24) is 0 Å². The van der Waals surface area contributed by atoms with Crippen molar-refractivity contribution < 1.29 is 0 Å². The van der Waals surface area contributed by atoms with E-state index in [1.807, 2.05) is 22.7 Å². The first-order valence-electron chi connectivity index (χ1n) is 17.7. The third-order valence-corrected chi connectivity index (χ3v) is 14.9. The molecule has 0 radical (unpaired) electrons. The highest BCUT2D eigenvalue weighted by atomic mass is 127. The lowest BCUT2D eigenvalue weighted by Gasteiger charge is -2.20. The topological polar surface area (TPSA) is 6.48 Å². The summed E-state index contributed by atoms with van der Waals surface area (Å²) < 4.78 is 10.1. The molecule has 0 amide bonds. The summed E-state index contributed by atoms with van der Waals surface area (Å²) in [7, 11) is 0. The number of hydrogen-bond donors (Lipinski definition) is 0. The van der Waals surface area contributed by atoms with Crippen LogP contribution in [0.4, 0.5) is 22.7 Å². The Morgan fingerprint density at radius 2 is 1.10 bits per heavy atom. The summed E-state index contributed by atoms with van der Waals surface area (Å²) in [6.45, 7) is 13.7. The molecule has 0 aliphatic rings. The van der Waals surface area contributed by atoms with Gasteiger partial charge in [-0.2, -0.15) is 0 Å². The fourth-order valence-electron chi connectivity index (χ4n) is 7.34. The fraction of sp³-hybridized carbons (Fsp3) is 0.200. The van der Waals surface area contributed by atoms with Crippen LogP contribution in [0.25, 0.3) is 51.5 Å². The minimum Gasteiger partial charge on any atom is -0.282 e. The van der Waals surface area contributed by atoms with Gasteiger partial charge in [0.05, 0.1) is 77.9 Å². The molecule has 0 N–H and O–H groups in total. The van der Waals surface area contributed by atoms with E-state index >= 15 is 0 Å². The third-order valence-electron chi connectivity index (χ3n) is 10.2. The average Bonchev–Trinajstić information content (AvgIpc) is 3.73. The van der Waals surface area contributed by atoms with Gasteiger partial charge in [0.15, 0.2) is 0 Å². The fourth-order valence-corrected chi connectivity index (χ4v) is 12.1. The third kappa shape index (κ3) is 6.04. The van der Waals surface area contributed by atoms with Crippen LogP contribution in [-0.2, 0) is 6.42 Å². The van der Waals surface area contributed by atoms with E-state index in [4.69, 9.17) is 0 Å². The van der Waals surface area contributed by atoms with Crippen molar-refractivity contribution in [2.45, 2.75) is 59.8 Å². The molecule has 0 aliphatic heterocycles. The van der Waals surface area contributed by atoms with E-state index in [2.05, 4.69) is 203 Å². The minimum atomic E-state index is 0.422. The van der Waals surface area contributed by atoms with Crippen molar-refractivity contribution >= 4 is 131 Å². The van der Waals surface area contributed by atoms with Crippen LogP contribution in [-0.4, -0.2) is 0 Å². The van der Waals surface area contributed by atoms with E-state index in [0.29, 0.717) is 11.8 Å². The lowest BCUT2D eigenvalue weighted by atomic mass is 9.91. The van der Waals surface area contributed by atoms with Gasteiger partial charge in [-0.05, 0) is 95.0 Å². The van der Waals surface area contributed by atoms with Gasteiger partial charge in [0, 0.05) is 30.9 Å². The number of fused-ring (bicyclic) bond motifs is 6. The number of aryl methyl sites for hydroxylation is 2. The standard InChI is InChI=1S/C45H40I2N2S2/c1-7-29-18-21-30(22-19-29)48(46)40-16-10-14-37-41-34(24-23-33(27(4)5)45(41)51-44(37)40)38-25-31(20-17-28(38)6)49(47)39-15-9-13-36-35-12-8-11-32(26(2)3)42(35)50-43(36)39/h8-27H,7H2,1-6H3. The molecule has 6 aromatic carbocycles. The molecule has 0 bridgehead atoms. The van der Waals surface area contributed by atoms with Gasteiger partial charge in [0.25, 0.3) is 0 Å². The van der Waals surface area contributed by atoms with Crippen molar-refractivity contribution in [3.05, 3.63) is 131 Å². The summed E-state index contributed by atoms with van der Waals surface area (Å²) in [5.41, 5.74) is 12.9. The second-order valence-corrected chi connectivity index (χ2v) is 18.0. The van der Waals surface area contributed by atoms with E-state index in [0.717, 1.165) is 6.42 Å². The number of anilines is 4. The highest BCUT2D eigenvalue weighted by Gasteiger charge is 2.22. The predicted molar refractivity (Wildman–Crippen MR) is 245 cm³/mol. The van der Waals surface area contributed by atoms with Gasteiger partial charge in [-0.15, -0.1) is 22.7 Å². The van der Waals surface area contributed by atoms with Crippen LogP contribution in [0.2, 0.25) is 0 Å². The zero-order chi connectivity index (χ0) is 35.6. The molecular weight excluding hydrogens is 886 g/mol. The van der Waals surface area contributed by atoms with Gasteiger partial charge >= 0.3 is 0 Å². The molecule has 256 valence electrons. The maximum Gasteiger partial charge on any atom is 0.0689 e. The van der Waals surface area contributed by atoms with Crippen molar-refractivity contribution in [2.24, 2.45) is 0 Å². The van der Waals surface area contributed by atoms with Gasteiger partial charge in [-0.25, -0.2) is 0 Å². The maximum atomic E-state index is 2.52. The molecule has 6 heteroatoms. The Morgan fingerprint density at radius 1 is 0.549 bits per heavy atom. The van der Waals surface area contributed by atoms with Crippen LogP contribution in [0.5, 0.6) is 0 Å². The largest absolute Gasteiger partial charge is 0.282 e. The second-order valence-electron chi connectivity index (χ2n) is 14.0. The number of benzene rings is 6. The van der Waals surface area contributed by atoms with Crippen LogP contribution >= 0.6 is 68.4 Å². The zero-order valence-corrected chi connectivity index (χ0v) is 35.7. The minimum absolute atomic E-state index is 0.422.